The molecule has 9 heteroatoms. The molecule has 1 fully saturated rings. The number of rotatable bonds is 5. The van der Waals surface area contributed by atoms with Crippen LogP contribution in [0.4, 0.5) is 15.0 Å². The maximum atomic E-state index is 13.1. The molecular weight excluding hydrogens is 375 g/mol. The molecular formula is C20H25FN6O2. The topological polar surface area (TPSA) is 104 Å². The summed E-state index contributed by atoms with van der Waals surface area (Å²) in [7, 11) is 0. The van der Waals surface area contributed by atoms with Gasteiger partial charge in [0.15, 0.2) is 5.69 Å². The highest BCUT2D eigenvalue weighted by atomic mass is 19.1. The highest BCUT2D eigenvalue weighted by Crippen LogP contribution is 2.23. The number of piperazine rings is 1. The molecule has 29 heavy (non-hydrogen) atoms. The molecule has 0 bridgehead atoms. The minimum atomic E-state index is -0.476. The number of primary amides is 1. The van der Waals surface area contributed by atoms with Gasteiger partial charge in [0.1, 0.15) is 11.6 Å². The van der Waals surface area contributed by atoms with E-state index >= 15 is 0 Å². The lowest BCUT2D eigenvalue weighted by molar-refractivity contribution is 0.0662. The molecule has 3 rings (SSSR count). The largest absolute Gasteiger partial charge is 0.368 e. The molecule has 2 aromatic rings. The lowest BCUT2D eigenvalue weighted by Crippen LogP contribution is -2.52. The van der Waals surface area contributed by atoms with Crippen molar-refractivity contribution in [2.75, 3.05) is 38.0 Å². The summed E-state index contributed by atoms with van der Waals surface area (Å²) in [4.78, 5) is 26.9. The van der Waals surface area contributed by atoms with Gasteiger partial charge in [-0.25, -0.2) is 9.18 Å². The highest BCUT2D eigenvalue weighted by molar-refractivity contribution is 5.92. The summed E-state index contributed by atoms with van der Waals surface area (Å²) in [6.45, 7) is 6.30. The van der Waals surface area contributed by atoms with E-state index in [0.29, 0.717) is 38.5 Å². The van der Waals surface area contributed by atoms with E-state index in [0.717, 1.165) is 5.56 Å². The maximum absolute atomic E-state index is 13.1. The molecule has 154 valence electrons. The second-order valence-corrected chi connectivity index (χ2v) is 7.67. The van der Waals surface area contributed by atoms with E-state index in [1.165, 1.54) is 17.0 Å². The van der Waals surface area contributed by atoms with Crippen molar-refractivity contribution in [3.05, 3.63) is 53.5 Å². The summed E-state index contributed by atoms with van der Waals surface area (Å²) in [5.41, 5.74) is 6.26. The number of aromatic nitrogens is 2. The fourth-order valence-corrected chi connectivity index (χ4v) is 3.15. The van der Waals surface area contributed by atoms with E-state index in [1.54, 1.807) is 29.2 Å². The van der Waals surface area contributed by atoms with E-state index in [9.17, 15) is 14.0 Å². The van der Waals surface area contributed by atoms with Crippen LogP contribution in [-0.2, 0) is 5.41 Å². The van der Waals surface area contributed by atoms with E-state index < -0.39 is 6.03 Å². The first-order valence-electron chi connectivity index (χ1n) is 9.43. The summed E-state index contributed by atoms with van der Waals surface area (Å²) < 4.78 is 13.1. The number of nitrogens with one attached hydrogen (secondary N) is 1. The number of hydrogen-bond donors (Lipinski definition) is 2. The van der Waals surface area contributed by atoms with Crippen molar-refractivity contribution in [2.45, 2.75) is 19.3 Å². The number of anilines is 1. The summed E-state index contributed by atoms with van der Waals surface area (Å²) in [6, 6.07) is 9.28. The number of nitrogens with zero attached hydrogens (tertiary/aromatic N) is 4. The number of hydrogen-bond acceptors (Lipinski definition) is 5. The normalized spacial score (nSPS) is 14.6. The smallest absolute Gasteiger partial charge is 0.314 e. The third kappa shape index (κ3) is 4.98. The van der Waals surface area contributed by atoms with E-state index in [2.05, 4.69) is 15.5 Å². The lowest BCUT2D eigenvalue weighted by Gasteiger charge is -2.33. The number of carbonyl (C=O) groups excluding carboxylic acids is 2. The van der Waals surface area contributed by atoms with Crippen molar-refractivity contribution >= 4 is 17.8 Å². The Morgan fingerprint density at radius 3 is 2.21 bits per heavy atom. The Labute approximate surface area is 168 Å². The van der Waals surface area contributed by atoms with E-state index in [4.69, 9.17) is 5.73 Å². The van der Waals surface area contributed by atoms with Gasteiger partial charge in [0.05, 0.1) is 0 Å². The SMILES string of the molecule is CC(C)(CNc1ccc(C(=O)N2CCN(C(N)=O)CC2)nn1)c1ccc(F)cc1. The van der Waals surface area contributed by atoms with Crippen molar-refractivity contribution in [3.63, 3.8) is 0 Å². The summed E-state index contributed by atoms with van der Waals surface area (Å²) in [5, 5.41) is 11.3. The van der Waals surface area contributed by atoms with Crippen molar-refractivity contribution in [1.29, 1.82) is 0 Å². The zero-order chi connectivity index (χ0) is 21.0. The fourth-order valence-electron chi connectivity index (χ4n) is 3.15. The first kappa shape index (κ1) is 20.5. The molecule has 0 radical (unpaired) electrons. The highest BCUT2D eigenvalue weighted by Gasteiger charge is 2.25. The van der Waals surface area contributed by atoms with Crippen LogP contribution in [0, 0.1) is 5.82 Å². The second-order valence-electron chi connectivity index (χ2n) is 7.67. The van der Waals surface area contributed by atoms with Crippen LogP contribution in [0.25, 0.3) is 0 Å². The first-order valence-corrected chi connectivity index (χ1v) is 9.43. The number of urea groups is 1. The summed E-state index contributed by atoms with van der Waals surface area (Å²) in [5.74, 6) is 0.0646. The standard InChI is InChI=1S/C20H25FN6O2/c1-20(2,14-3-5-15(21)6-4-14)13-23-17-8-7-16(24-25-17)18(28)26-9-11-27(12-10-26)19(22)29/h3-8H,9-13H2,1-2H3,(H2,22,29)(H,23,25). The van der Waals surface area contributed by atoms with Crippen molar-refractivity contribution in [3.8, 4) is 0 Å². The van der Waals surface area contributed by atoms with Crippen LogP contribution in [0.5, 0.6) is 0 Å². The Kier molecular flexibility index (Phi) is 5.95. The Morgan fingerprint density at radius 1 is 1.03 bits per heavy atom. The monoisotopic (exact) mass is 400 g/mol. The van der Waals surface area contributed by atoms with Crippen LogP contribution < -0.4 is 11.1 Å². The second kappa shape index (κ2) is 8.42. The van der Waals surface area contributed by atoms with Crippen LogP contribution in [0.15, 0.2) is 36.4 Å². The molecule has 2 heterocycles. The predicted molar refractivity (Wildman–Crippen MR) is 107 cm³/mol. The molecule has 1 aliphatic heterocycles. The van der Waals surface area contributed by atoms with Crippen LogP contribution in [0.3, 0.4) is 0 Å². The van der Waals surface area contributed by atoms with Crippen molar-refractivity contribution in [2.24, 2.45) is 5.73 Å². The molecule has 8 nitrogen and oxygen atoms in total. The third-order valence-corrected chi connectivity index (χ3v) is 5.10. The minimum absolute atomic E-state index is 0.222. The first-order chi connectivity index (χ1) is 13.8. The molecule has 0 spiro atoms. The van der Waals surface area contributed by atoms with Gasteiger partial charge < -0.3 is 20.9 Å². The van der Waals surface area contributed by atoms with Gasteiger partial charge in [0.25, 0.3) is 5.91 Å². The minimum Gasteiger partial charge on any atom is -0.368 e. The molecule has 1 aromatic heterocycles. The number of halogens is 1. The average molecular weight is 400 g/mol. The van der Waals surface area contributed by atoms with Gasteiger partial charge in [-0.1, -0.05) is 26.0 Å². The number of amides is 3. The molecule has 0 atom stereocenters. The van der Waals surface area contributed by atoms with Crippen molar-refractivity contribution in [1.82, 2.24) is 20.0 Å². The molecule has 1 aromatic carbocycles. The lowest BCUT2D eigenvalue weighted by atomic mass is 9.84. The van der Waals surface area contributed by atoms with Gasteiger partial charge in [-0.05, 0) is 29.8 Å². The van der Waals surface area contributed by atoms with Gasteiger partial charge in [-0.2, -0.15) is 0 Å². The molecule has 1 saturated heterocycles. The average Bonchev–Trinajstić information content (AvgIpc) is 2.72. The van der Waals surface area contributed by atoms with Crippen molar-refractivity contribution < 1.29 is 14.0 Å². The molecule has 3 N–H and O–H groups in total. The van der Waals surface area contributed by atoms with E-state index in [-0.39, 0.29) is 22.8 Å². The molecule has 3 amide bonds. The molecule has 0 unspecified atom stereocenters. The Morgan fingerprint density at radius 2 is 1.66 bits per heavy atom. The Bertz CT molecular complexity index is 862. The number of carbonyl (C=O) groups is 2. The summed E-state index contributed by atoms with van der Waals surface area (Å²) in [6.07, 6.45) is 0. The molecule has 0 saturated carbocycles. The van der Waals surface area contributed by atoms with Gasteiger partial charge in [-0.15, -0.1) is 10.2 Å². The van der Waals surface area contributed by atoms with E-state index in [1.807, 2.05) is 13.8 Å². The number of nitrogens with two attached hydrogens (primary N) is 1. The summed E-state index contributed by atoms with van der Waals surface area (Å²) >= 11 is 0. The van der Waals surface area contributed by atoms with Crippen LogP contribution in [0.2, 0.25) is 0 Å². The maximum Gasteiger partial charge on any atom is 0.314 e. The fraction of sp³-hybridized carbons (Fsp3) is 0.400. The predicted octanol–water partition coefficient (Wildman–Crippen LogP) is 1.84. The zero-order valence-electron chi connectivity index (χ0n) is 16.6. The Hall–Kier alpha value is -3.23. The number of benzene rings is 1. The Balaban J connectivity index is 1.56. The van der Waals surface area contributed by atoms with Gasteiger partial charge >= 0.3 is 6.03 Å². The molecule has 1 aliphatic rings. The van der Waals surface area contributed by atoms with Crippen LogP contribution in [-0.4, -0.2) is 64.7 Å². The van der Waals surface area contributed by atoms with Crippen LogP contribution in [0.1, 0.15) is 29.9 Å². The quantitative estimate of drug-likeness (QED) is 0.797. The molecule has 0 aliphatic carbocycles. The zero-order valence-corrected chi connectivity index (χ0v) is 16.6. The van der Waals surface area contributed by atoms with Gasteiger partial charge in [-0.3, -0.25) is 4.79 Å². The third-order valence-electron chi connectivity index (χ3n) is 5.10. The van der Waals surface area contributed by atoms with Crippen LogP contribution >= 0.6 is 0 Å². The van der Waals surface area contributed by atoms with Gasteiger partial charge in [0, 0.05) is 38.1 Å². The van der Waals surface area contributed by atoms with Gasteiger partial charge in [0.2, 0.25) is 0 Å².